The molecule has 2 aromatic carbocycles. The summed E-state index contributed by atoms with van der Waals surface area (Å²) in [6.07, 6.45) is 5.06. The standard InChI is InChI=1S/C28H33N3O2/c1-4-19-31(26(32)24-16-15-22-13-6-7-14-23(22)29-24)28(17-8-5-9-18-28)27(33)30-25-20(2)11-10-12-21(25)3/h6-7,10-16H,4-5,8-9,17-19H2,1-3H3,(H,30,33). The molecular weight excluding hydrogens is 410 g/mol. The SMILES string of the molecule is CCCN(C(=O)c1ccc2ccccc2n1)C1(C(=O)Nc2c(C)cccc2C)CCCCC1. The van der Waals surface area contributed by atoms with E-state index in [1.54, 1.807) is 6.07 Å². The fourth-order valence-electron chi connectivity index (χ4n) is 5.05. The van der Waals surface area contributed by atoms with E-state index in [4.69, 9.17) is 0 Å². The van der Waals surface area contributed by atoms with Crippen LogP contribution < -0.4 is 5.32 Å². The van der Waals surface area contributed by atoms with Crippen molar-refractivity contribution >= 4 is 28.4 Å². The highest BCUT2D eigenvalue weighted by molar-refractivity contribution is 6.04. The summed E-state index contributed by atoms with van der Waals surface area (Å²) in [5, 5.41) is 4.21. The van der Waals surface area contributed by atoms with Crippen LogP contribution in [0.5, 0.6) is 0 Å². The van der Waals surface area contributed by atoms with Crippen molar-refractivity contribution in [2.75, 3.05) is 11.9 Å². The van der Waals surface area contributed by atoms with Gasteiger partial charge in [-0.15, -0.1) is 0 Å². The van der Waals surface area contributed by atoms with Crippen molar-refractivity contribution in [1.82, 2.24) is 9.88 Å². The van der Waals surface area contributed by atoms with Crippen LogP contribution in [0.4, 0.5) is 5.69 Å². The first-order valence-corrected chi connectivity index (χ1v) is 12.0. The van der Waals surface area contributed by atoms with E-state index in [1.807, 2.05) is 74.2 Å². The normalized spacial score (nSPS) is 15.2. The van der Waals surface area contributed by atoms with Gasteiger partial charge < -0.3 is 10.2 Å². The van der Waals surface area contributed by atoms with E-state index in [2.05, 4.69) is 10.3 Å². The van der Waals surface area contributed by atoms with Gasteiger partial charge in [-0.3, -0.25) is 9.59 Å². The highest BCUT2D eigenvalue weighted by Gasteiger charge is 2.47. The first kappa shape index (κ1) is 23.0. The second-order valence-electron chi connectivity index (χ2n) is 9.16. The van der Waals surface area contributed by atoms with Crippen molar-refractivity contribution < 1.29 is 9.59 Å². The number of rotatable bonds is 6. The first-order chi connectivity index (χ1) is 16.0. The lowest BCUT2D eigenvalue weighted by atomic mass is 9.78. The molecule has 1 N–H and O–H groups in total. The van der Waals surface area contributed by atoms with Crippen LogP contribution in [0.3, 0.4) is 0 Å². The molecule has 0 atom stereocenters. The van der Waals surface area contributed by atoms with Gasteiger partial charge in [0.25, 0.3) is 5.91 Å². The second kappa shape index (κ2) is 9.74. The highest BCUT2D eigenvalue weighted by atomic mass is 16.2. The summed E-state index contributed by atoms with van der Waals surface area (Å²) < 4.78 is 0. The topological polar surface area (TPSA) is 62.3 Å². The van der Waals surface area contributed by atoms with Crippen LogP contribution >= 0.6 is 0 Å². The van der Waals surface area contributed by atoms with Crippen LogP contribution in [-0.2, 0) is 4.79 Å². The molecule has 5 nitrogen and oxygen atoms in total. The molecule has 1 fully saturated rings. The Labute approximate surface area is 196 Å². The molecule has 1 saturated carbocycles. The van der Waals surface area contributed by atoms with Gasteiger partial charge in [0.05, 0.1) is 5.52 Å². The van der Waals surface area contributed by atoms with E-state index >= 15 is 0 Å². The zero-order valence-electron chi connectivity index (χ0n) is 19.9. The number of hydrogen-bond donors (Lipinski definition) is 1. The third kappa shape index (κ3) is 4.50. The van der Waals surface area contributed by atoms with Crippen molar-refractivity contribution in [3.05, 3.63) is 71.4 Å². The average Bonchev–Trinajstić information content (AvgIpc) is 2.84. The van der Waals surface area contributed by atoms with E-state index in [1.165, 1.54) is 0 Å². The number of benzene rings is 2. The Balaban J connectivity index is 1.73. The number of nitrogens with one attached hydrogen (secondary N) is 1. The predicted octanol–water partition coefficient (Wildman–Crippen LogP) is 6.05. The minimum Gasteiger partial charge on any atom is -0.324 e. The number of anilines is 1. The van der Waals surface area contributed by atoms with Crippen molar-refractivity contribution in [3.8, 4) is 0 Å². The van der Waals surface area contributed by atoms with Gasteiger partial charge in [-0.25, -0.2) is 4.98 Å². The molecule has 2 amide bonds. The summed E-state index contributed by atoms with van der Waals surface area (Å²) >= 11 is 0. The highest BCUT2D eigenvalue weighted by Crippen LogP contribution is 2.37. The average molecular weight is 444 g/mol. The Morgan fingerprint density at radius 1 is 0.939 bits per heavy atom. The van der Waals surface area contributed by atoms with Gasteiger partial charge in [-0.2, -0.15) is 0 Å². The van der Waals surface area contributed by atoms with Gasteiger partial charge in [0, 0.05) is 17.6 Å². The van der Waals surface area contributed by atoms with Crippen molar-refractivity contribution in [3.63, 3.8) is 0 Å². The Morgan fingerprint density at radius 2 is 1.64 bits per heavy atom. The number of fused-ring (bicyclic) bond motifs is 1. The van der Waals surface area contributed by atoms with Gasteiger partial charge in [0.2, 0.25) is 5.91 Å². The smallest absolute Gasteiger partial charge is 0.273 e. The minimum absolute atomic E-state index is 0.0813. The monoisotopic (exact) mass is 443 g/mol. The zero-order valence-corrected chi connectivity index (χ0v) is 19.9. The first-order valence-electron chi connectivity index (χ1n) is 12.0. The van der Waals surface area contributed by atoms with Crippen LogP contribution in [-0.4, -0.2) is 33.8 Å². The number of aromatic nitrogens is 1. The van der Waals surface area contributed by atoms with Crippen LogP contribution in [0, 0.1) is 13.8 Å². The molecule has 0 saturated heterocycles. The Kier molecular flexibility index (Phi) is 6.77. The van der Waals surface area contributed by atoms with Gasteiger partial charge in [0.15, 0.2) is 0 Å². The summed E-state index contributed by atoms with van der Waals surface area (Å²) in [6, 6.07) is 17.5. The molecule has 172 valence electrons. The van der Waals surface area contributed by atoms with Gasteiger partial charge in [-0.1, -0.05) is 68.7 Å². The largest absolute Gasteiger partial charge is 0.324 e. The number of aryl methyl sites for hydroxylation is 2. The van der Waals surface area contributed by atoms with Crippen LogP contribution in [0.1, 0.15) is 67.1 Å². The maximum Gasteiger partial charge on any atom is 0.273 e. The summed E-state index contributed by atoms with van der Waals surface area (Å²) in [6.45, 7) is 6.58. The van der Waals surface area contributed by atoms with Crippen molar-refractivity contribution in [2.45, 2.75) is 64.8 Å². The molecule has 1 aliphatic carbocycles. The Bertz CT molecular complexity index is 1140. The Hall–Kier alpha value is -3.21. The van der Waals surface area contributed by atoms with Crippen LogP contribution in [0.15, 0.2) is 54.6 Å². The summed E-state index contributed by atoms with van der Waals surface area (Å²) in [4.78, 5) is 34.3. The molecule has 0 radical (unpaired) electrons. The Morgan fingerprint density at radius 3 is 2.33 bits per heavy atom. The molecule has 1 aliphatic rings. The molecule has 3 aromatic rings. The molecule has 0 bridgehead atoms. The minimum atomic E-state index is -0.868. The van der Waals surface area contributed by atoms with Crippen molar-refractivity contribution in [1.29, 1.82) is 0 Å². The van der Waals surface area contributed by atoms with Crippen LogP contribution in [0.2, 0.25) is 0 Å². The molecule has 5 heteroatoms. The fourth-order valence-corrected chi connectivity index (χ4v) is 5.05. The summed E-state index contributed by atoms with van der Waals surface area (Å²) in [7, 11) is 0. The van der Waals surface area contributed by atoms with Gasteiger partial charge in [-0.05, 0) is 56.4 Å². The number of nitrogens with zero attached hydrogens (tertiary/aromatic N) is 2. The molecule has 0 spiro atoms. The molecule has 0 unspecified atom stereocenters. The number of pyridine rings is 1. The van der Waals surface area contributed by atoms with E-state index < -0.39 is 5.54 Å². The molecule has 1 heterocycles. The van der Waals surface area contributed by atoms with E-state index in [-0.39, 0.29) is 11.8 Å². The van der Waals surface area contributed by atoms with E-state index in [0.717, 1.165) is 53.4 Å². The summed E-state index contributed by atoms with van der Waals surface area (Å²) in [5.74, 6) is -0.247. The number of hydrogen-bond acceptors (Lipinski definition) is 3. The molecule has 0 aliphatic heterocycles. The molecular formula is C28H33N3O2. The fraction of sp³-hybridized carbons (Fsp3) is 0.393. The molecule has 4 rings (SSSR count). The lowest BCUT2D eigenvalue weighted by molar-refractivity contribution is -0.128. The molecule has 1 aromatic heterocycles. The lowest BCUT2D eigenvalue weighted by Crippen LogP contribution is -2.60. The number of carbonyl (C=O) groups excluding carboxylic acids is 2. The number of para-hydroxylation sites is 2. The summed E-state index contributed by atoms with van der Waals surface area (Å²) in [5.41, 5.74) is 3.22. The third-order valence-corrected chi connectivity index (χ3v) is 6.85. The van der Waals surface area contributed by atoms with Crippen molar-refractivity contribution in [2.24, 2.45) is 0 Å². The lowest BCUT2D eigenvalue weighted by Gasteiger charge is -2.45. The van der Waals surface area contributed by atoms with E-state index in [9.17, 15) is 9.59 Å². The maximum atomic E-state index is 13.9. The maximum absolute atomic E-state index is 13.9. The van der Waals surface area contributed by atoms with Crippen LogP contribution in [0.25, 0.3) is 10.9 Å². The number of amides is 2. The third-order valence-electron chi connectivity index (χ3n) is 6.85. The van der Waals surface area contributed by atoms with Gasteiger partial charge in [0.1, 0.15) is 11.2 Å². The van der Waals surface area contributed by atoms with E-state index in [0.29, 0.717) is 25.1 Å². The second-order valence-corrected chi connectivity index (χ2v) is 9.16. The quantitative estimate of drug-likeness (QED) is 0.505. The number of carbonyl (C=O) groups is 2. The predicted molar refractivity (Wildman–Crippen MR) is 133 cm³/mol. The zero-order chi connectivity index (χ0) is 23.4. The van der Waals surface area contributed by atoms with Gasteiger partial charge >= 0.3 is 0 Å². The molecule has 33 heavy (non-hydrogen) atoms.